The van der Waals surface area contributed by atoms with Gasteiger partial charge in [0.25, 0.3) is 0 Å². The Bertz CT molecular complexity index is 1880. The normalized spacial score (nSPS) is 24.5. The first kappa shape index (κ1) is 36.4. The molecule has 0 radical (unpaired) electrons. The monoisotopic (exact) mass is 723 g/mol. The lowest BCUT2D eigenvalue weighted by molar-refractivity contribution is -0.122. The third-order valence-electron chi connectivity index (χ3n) is 12.2. The van der Waals surface area contributed by atoms with E-state index >= 15 is 0 Å². The van der Waals surface area contributed by atoms with Gasteiger partial charge >= 0.3 is 0 Å². The van der Waals surface area contributed by atoms with Crippen LogP contribution in [0.4, 0.5) is 11.4 Å². The summed E-state index contributed by atoms with van der Waals surface area (Å²) in [6.07, 6.45) is 7.44. The number of hydrogen-bond donors (Lipinski definition) is 2. The quantitative estimate of drug-likeness (QED) is 0.239. The van der Waals surface area contributed by atoms with E-state index in [1.165, 1.54) is 42.9 Å². The van der Waals surface area contributed by atoms with E-state index in [1.54, 1.807) is 30.3 Å². The van der Waals surface area contributed by atoms with Crippen molar-refractivity contribution in [3.8, 4) is 0 Å². The van der Waals surface area contributed by atoms with E-state index in [0.29, 0.717) is 29.9 Å². The molecule has 3 aromatic carbocycles. The minimum absolute atomic E-state index is 0.0367. The molecule has 2 amide bonds. The third kappa shape index (κ3) is 7.17. The Labute approximate surface area is 309 Å². The molecule has 3 aliphatic heterocycles. The number of carbonyl (C=O) groups is 2. The van der Waals surface area contributed by atoms with Crippen molar-refractivity contribution in [2.45, 2.75) is 73.2 Å². The average molecular weight is 724 g/mol. The SMILES string of the molecule is C=CC(=O)Nc1cccc(S(=O)(=O)c2ccc(N3CC(CN4CCC(C5([C@H]6CCC[C@@H]6NC(=O)CC)CN(C)Cc6ccccc65)CC4)C3)cc2)c1. The van der Waals surface area contributed by atoms with Crippen LogP contribution in [0.2, 0.25) is 0 Å². The summed E-state index contributed by atoms with van der Waals surface area (Å²) in [7, 11) is -1.47. The number of benzene rings is 3. The van der Waals surface area contributed by atoms with Gasteiger partial charge in [-0.2, -0.15) is 0 Å². The van der Waals surface area contributed by atoms with Gasteiger partial charge in [-0.25, -0.2) is 8.42 Å². The molecule has 0 aromatic heterocycles. The van der Waals surface area contributed by atoms with Crippen LogP contribution in [0.15, 0.2) is 95.2 Å². The molecule has 3 aromatic rings. The van der Waals surface area contributed by atoms with Crippen LogP contribution in [-0.2, 0) is 31.4 Å². The molecule has 7 rings (SSSR count). The second kappa shape index (κ2) is 15.2. The summed E-state index contributed by atoms with van der Waals surface area (Å²) >= 11 is 0. The molecule has 0 spiro atoms. The number of nitrogens with one attached hydrogen (secondary N) is 2. The fraction of sp³-hybridized carbons (Fsp3) is 0.476. The van der Waals surface area contributed by atoms with Crippen molar-refractivity contribution < 1.29 is 18.0 Å². The highest BCUT2D eigenvalue weighted by atomic mass is 32.2. The fourth-order valence-corrected chi connectivity index (χ4v) is 11.1. The molecule has 0 bridgehead atoms. The van der Waals surface area contributed by atoms with E-state index in [4.69, 9.17) is 0 Å². The number of likely N-dealkylation sites (N-methyl/N-ethyl adjacent to an activating group) is 1. The van der Waals surface area contributed by atoms with E-state index < -0.39 is 15.7 Å². The van der Waals surface area contributed by atoms with Crippen molar-refractivity contribution in [2.24, 2.45) is 17.8 Å². The Morgan fingerprint density at radius 1 is 0.942 bits per heavy atom. The number of fused-ring (bicyclic) bond motifs is 1. The number of piperidine rings is 1. The number of amides is 2. The standard InChI is InChI=1S/C42H53N5O4S/c1-4-40(48)43-33-11-8-12-36(24-33)52(50,51)35-18-16-34(17-19-35)47-26-30(27-47)25-46-22-20-32(21-23-46)42(38-14-9-15-39(38)44-41(49)5-2)29-45(3)28-31-10-6-7-13-37(31)42/h4,6-8,10-13,16-19,24,30,32,38-39H,1,5,9,14-15,20-23,25-29H2,2-3H3,(H,43,48)(H,44,49)/t38-,39-,42?/m0/s1. The van der Waals surface area contributed by atoms with Crippen molar-refractivity contribution in [3.05, 3.63) is 96.6 Å². The fourth-order valence-electron chi connectivity index (χ4n) is 9.82. The van der Waals surface area contributed by atoms with Crippen LogP contribution in [0.5, 0.6) is 0 Å². The maximum absolute atomic E-state index is 13.4. The largest absolute Gasteiger partial charge is 0.371 e. The topological polar surface area (TPSA) is 102 Å². The van der Waals surface area contributed by atoms with E-state index in [9.17, 15) is 18.0 Å². The van der Waals surface area contributed by atoms with Crippen LogP contribution in [0.1, 0.15) is 56.6 Å². The second-order valence-corrected chi connectivity index (χ2v) is 17.4. The summed E-state index contributed by atoms with van der Waals surface area (Å²) < 4.78 is 26.7. The van der Waals surface area contributed by atoms with Crippen molar-refractivity contribution in [1.82, 2.24) is 15.1 Å². The maximum Gasteiger partial charge on any atom is 0.247 e. The van der Waals surface area contributed by atoms with Crippen molar-refractivity contribution >= 4 is 33.0 Å². The first-order chi connectivity index (χ1) is 25.1. The molecular weight excluding hydrogens is 671 g/mol. The van der Waals surface area contributed by atoms with E-state index in [0.717, 1.165) is 64.0 Å². The predicted octanol–water partition coefficient (Wildman–Crippen LogP) is 5.87. The van der Waals surface area contributed by atoms with Gasteiger partial charge in [0.1, 0.15) is 0 Å². The Hall–Kier alpha value is -3.99. The number of rotatable bonds is 11. The molecular formula is C42H53N5O4S. The number of hydrogen-bond acceptors (Lipinski definition) is 7. The predicted molar refractivity (Wildman–Crippen MR) is 206 cm³/mol. The number of likely N-dealkylation sites (tertiary alicyclic amines) is 1. The second-order valence-electron chi connectivity index (χ2n) is 15.5. The van der Waals surface area contributed by atoms with Crippen LogP contribution in [0.3, 0.4) is 0 Å². The lowest BCUT2D eigenvalue weighted by Crippen LogP contribution is -2.59. The molecule has 1 unspecified atom stereocenters. The zero-order valence-electron chi connectivity index (χ0n) is 30.6. The van der Waals surface area contributed by atoms with Gasteiger partial charge in [0, 0.05) is 67.9 Å². The molecule has 9 nitrogen and oxygen atoms in total. The molecule has 2 saturated heterocycles. The zero-order chi connectivity index (χ0) is 36.5. The highest BCUT2D eigenvalue weighted by Gasteiger charge is 2.54. The number of carbonyl (C=O) groups excluding carboxylic acids is 2. The first-order valence-corrected chi connectivity index (χ1v) is 20.5. The van der Waals surface area contributed by atoms with Gasteiger partial charge in [0.05, 0.1) is 9.79 Å². The van der Waals surface area contributed by atoms with Gasteiger partial charge in [-0.3, -0.25) is 9.59 Å². The Morgan fingerprint density at radius 2 is 1.69 bits per heavy atom. The summed E-state index contributed by atoms with van der Waals surface area (Å²) in [5, 5.41) is 6.09. The molecule has 52 heavy (non-hydrogen) atoms. The number of anilines is 2. The van der Waals surface area contributed by atoms with Crippen LogP contribution in [0, 0.1) is 17.8 Å². The average Bonchev–Trinajstić information content (AvgIpc) is 3.61. The van der Waals surface area contributed by atoms with Crippen LogP contribution < -0.4 is 15.5 Å². The maximum atomic E-state index is 13.4. The van der Waals surface area contributed by atoms with E-state index in [2.05, 4.69) is 63.2 Å². The molecule has 1 saturated carbocycles. The lowest BCUT2D eigenvalue weighted by Gasteiger charge is -2.55. The van der Waals surface area contributed by atoms with Gasteiger partial charge < -0.3 is 25.3 Å². The molecule has 3 atom stereocenters. The number of nitrogens with zero attached hydrogens (tertiary/aromatic N) is 3. The first-order valence-electron chi connectivity index (χ1n) is 19.0. The van der Waals surface area contributed by atoms with Gasteiger partial charge in [-0.1, -0.05) is 50.3 Å². The summed E-state index contributed by atoms with van der Waals surface area (Å²) in [5.41, 5.74) is 4.46. The molecule has 3 heterocycles. The van der Waals surface area contributed by atoms with Crippen molar-refractivity contribution in [1.29, 1.82) is 0 Å². The van der Waals surface area contributed by atoms with E-state index in [1.807, 2.05) is 19.1 Å². The van der Waals surface area contributed by atoms with Gasteiger partial charge in [-0.05, 0) is 117 Å². The summed E-state index contributed by atoms with van der Waals surface area (Å²) in [6.45, 7) is 12.6. The molecule has 276 valence electrons. The van der Waals surface area contributed by atoms with Gasteiger partial charge in [0.15, 0.2) is 0 Å². The minimum atomic E-state index is -3.74. The highest BCUT2D eigenvalue weighted by molar-refractivity contribution is 7.91. The molecule has 1 aliphatic carbocycles. The number of sulfone groups is 1. The molecule has 2 N–H and O–H groups in total. The van der Waals surface area contributed by atoms with Gasteiger partial charge in [0.2, 0.25) is 21.7 Å². The molecule has 10 heteroatoms. The van der Waals surface area contributed by atoms with Gasteiger partial charge in [-0.15, -0.1) is 0 Å². The smallest absolute Gasteiger partial charge is 0.247 e. The lowest BCUT2D eigenvalue weighted by atomic mass is 9.56. The Kier molecular flexibility index (Phi) is 10.6. The summed E-state index contributed by atoms with van der Waals surface area (Å²) in [6, 6.07) is 22.8. The Balaban J connectivity index is 0.975. The zero-order valence-corrected chi connectivity index (χ0v) is 31.4. The summed E-state index contributed by atoms with van der Waals surface area (Å²) in [4.78, 5) is 32.2. The summed E-state index contributed by atoms with van der Waals surface area (Å²) in [5.74, 6) is 1.37. The van der Waals surface area contributed by atoms with Crippen LogP contribution in [0.25, 0.3) is 0 Å². The van der Waals surface area contributed by atoms with Crippen LogP contribution >= 0.6 is 0 Å². The highest BCUT2D eigenvalue weighted by Crippen LogP contribution is 2.53. The molecule has 4 aliphatic rings. The van der Waals surface area contributed by atoms with Crippen molar-refractivity contribution in [3.63, 3.8) is 0 Å². The van der Waals surface area contributed by atoms with Crippen LogP contribution in [-0.4, -0.2) is 82.4 Å². The van der Waals surface area contributed by atoms with Crippen molar-refractivity contribution in [2.75, 3.05) is 56.5 Å². The molecule has 3 fully saturated rings. The van der Waals surface area contributed by atoms with E-state index in [-0.39, 0.29) is 27.2 Å². The third-order valence-corrected chi connectivity index (χ3v) is 14.0. The Morgan fingerprint density at radius 3 is 2.42 bits per heavy atom. The minimum Gasteiger partial charge on any atom is -0.371 e.